The number of nitrogens with zero attached hydrogens (tertiary/aromatic N) is 2. The molecule has 1 amide bonds. The third-order valence-corrected chi connectivity index (χ3v) is 3.38. The van der Waals surface area contributed by atoms with Crippen molar-refractivity contribution in [2.24, 2.45) is 0 Å². The van der Waals surface area contributed by atoms with Crippen molar-refractivity contribution in [2.45, 2.75) is 38.8 Å². The van der Waals surface area contributed by atoms with E-state index < -0.39 is 0 Å². The average molecular weight is 247 g/mol. The largest absolute Gasteiger partial charge is 0.336 e. The van der Waals surface area contributed by atoms with E-state index in [9.17, 15) is 4.79 Å². The van der Waals surface area contributed by atoms with E-state index in [1.54, 1.807) is 6.20 Å². The van der Waals surface area contributed by atoms with Crippen LogP contribution in [-0.2, 0) is 11.3 Å². The van der Waals surface area contributed by atoms with Gasteiger partial charge in [0.2, 0.25) is 5.91 Å². The standard InChI is InChI=1S/C14H21N3O/c1-2-17(11-12-7-3-5-9-15-12)14(18)13-8-4-6-10-16-13/h3,5,7,9,13,16H,2,4,6,8,10-11H2,1H3. The van der Waals surface area contributed by atoms with E-state index in [0.29, 0.717) is 6.54 Å². The summed E-state index contributed by atoms with van der Waals surface area (Å²) < 4.78 is 0. The van der Waals surface area contributed by atoms with E-state index in [4.69, 9.17) is 0 Å². The van der Waals surface area contributed by atoms with Crippen molar-refractivity contribution in [1.82, 2.24) is 15.2 Å². The maximum atomic E-state index is 12.4. The summed E-state index contributed by atoms with van der Waals surface area (Å²) in [4.78, 5) is 18.5. The molecule has 1 aromatic heterocycles. The molecule has 4 nitrogen and oxygen atoms in total. The molecule has 1 atom stereocenters. The zero-order valence-corrected chi connectivity index (χ0v) is 10.9. The maximum Gasteiger partial charge on any atom is 0.240 e. The monoisotopic (exact) mass is 247 g/mol. The molecule has 1 N–H and O–H groups in total. The molecule has 0 spiro atoms. The number of amides is 1. The Morgan fingerprint density at radius 2 is 2.39 bits per heavy atom. The zero-order valence-electron chi connectivity index (χ0n) is 10.9. The third-order valence-electron chi connectivity index (χ3n) is 3.38. The van der Waals surface area contributed by atoms with Crippen LogP contribution in [0, 0.1) is 0 Å². The Morgan fingerprint density at radius 3 is 3.00 bits per heavy atom. The van der Waals surface area contributed by atoms with Gasteiger partial charge in [-0.2, -0.15) is 0 Å². The first-order valence-electron chi connectivity index (χ1n) is 6.73. The summed E-state index contributed by atoms with van der Waals surface area (Å²) in [5.74, 6) is 0.211. The maximum absolute atomic E-state index is 12.4. The molecule has 1 aromatic rings. The second-order valence-corrected chi connectivity index (χ2v) is 4.68. The second-order valence-electron chi connectivity index (χ2n) is 4.68. The van der Waals surface area contributed by atoms with Gasteiger partial charge in [-0.3, -0.25) is 9.78 Å². The molecule has 1 aliphatic rings. The quantitative estimate of drug-likeness (QED) is 0.878. The number of aromatic nitrogens is 1. The van der Waals surface area contributed by atoms with E-state index in [1.165, 1.54) is 6.42 Å². The molecule has 18 heavy (non-hydrogen) atoms. The van der Waals surface area contributed by atoms with Crippen LogP contribution in [0.2, 0.25) is 0 Å². The Labute approximate surface area is 108 Å². The zero-order chi connectivity index (χ0) is 12.8. The molecule has 0 aliphatic carbocycles. The summed E-state index contributed by atoms with van der Waals surface area (Å²) >= 11 is 0. The normalized spacial score (nSPS) is 19.5. The Kier molecular flexibility index (Phi) is 4.70. The van der Waals surface area contributed by atoms with Crippen LogP contribution in [0.1, 0.15) is 31.9 Å². The summed E-state index contributed by atoms with van der Waals surface area (Å²) in [7, 11) is 0. The number of piperidine rings is 1. The van der Waals surface area contributed by atoms with Crippen LogP contribution in [0.3, 0.4) is 0 Å². The molecule has 2 rings (SSSR count). The molecule has 4 heteroatoms. The summed E-state index contributed by atoms with van der Waals surface area (Å²) in [6.07, 6.45) is 5.05. The van der Waals surface area contributed by atoms with Crippen LogP contribution in [0.15, 0.2) is 24.4 Å². The molecular weight excluding hydrogens is 226 g/mol. The van der Waals surface area contributed by atoms with Crippen LogP contribution in [0.4, 0.5) is 0 Å². The van der Waals surface area contributed by atoms with Gasteiger partial charge in [0.25, 0.3) is 0 Å². The number of rotatable bonds is 4. The number of hydrogen-bond acceptors (Lipinski definition) is 3. The lowest BCUT2D eigenvalue weighted by molar-refractivity contribution is -0.134. The Hall–Kier alpha value is -1.42. The van der Waals surface area contributed by atoms with Gasteiger partial charge < -0.3 is 10.2 Å². The molecule has 1 fully saturated rings. The molecular formula is C14H21N3O. The number of carbonyl (C=O) groups is 1. The van der Waals surface area contributed by atoms with Gasteiger partial charge in [0.05, 0.1) is 18.3 Å². The van der Waals surface area contributed by atoms with Gasteiger partial charge in [0.15, 0.2) is 0 Å². The van der Waals surface area contributed by atoms with Crippen molar-refractivity contribution in [1.29, 1.82) is 0 Å². The lowest BCUT2D eigenvalue weighted by atomic mass is 10.0. The SMILES string of the molecule is CCN(Cc1ccccn1)C(=O)C1CCCCN1. The van der Waals surface area contributed by atoms with E-state index in [2.05, 4.69) is 10.3 Å². The molecule has 1 unspecified atom stereocenters. The highest BCUT2D eigenvalue weighted by atomic mass is 16.2. The van der Waals surface area contributed by atoms with Gasteiger partial charge in [-0.25, -0.2) is 0 Å². The summed E-state index contributed by atoms with van der Waals surface area (Å²) in [6.45, 7) is 4.31. The fourth-order valence-electron chi connectivity index (χ4n) is 2.32. The van der Waals surface area contributed by atoms with Crippen molar-refractivity contribution < 1.29 is 4.79 Å². The number of nitrogens with one attached hydrogen (secondary N) is 1. The van der Waals surface area contributed by atoms with E-state index in [1.807, 2.05) is 30.0 Å². The molecule has 98 valence electrons. The van der Waals surface area contributed by atoms with Gasteiger partial charge in [0, 0.05) is 12.7 Å². The minimum atomic E-state index is 0.00223. The predicted molar refractivity (Wildman–Crippen MR) is 71.0 cm³/mol. The highest BCUT2D eigenvalue weighted by molar-refractivity contribution is 5.81. The molecule has 2 heterocycles. The number of carbonyl (C=O) groups excluding carboxylic acids is 1. The Morgan fingerprint density at radius 1 is 1.50 bits per heavy atom. The molecule has 0 radical (unpaired) electrons. The smallest absolute Gasteiger partial charge is 0.240 e. The first kappa shape index (κ1) is 13.0. The number of pyridine rings is 1. The minimum absolute atomic E-state index is 0.00223. The first-order chi connectivity index (χ1) is 8.81. The van der Waals surface area contributed by atoms with Gasteiger partial charge >= 0.3 is 0 Å². The second kappa shape index (κ2) is 6.50. The first-order valence-corrected chi connectivity index (χ1v) is 6.73. The van der Waals surface area contributed by atoms with Crippen molar-refractivity contribution >= 4 is 5.91 Å². The molecule has 0 aromatic carbocycles. The van der Waals surface area contributed by atoms with Gasteiger partial charge in [-0.05, 0) is 38.4 Å². The fourth-order valence-corrected chi connectivity index (χ4v) is 2.32. The third kappa shape index (κ3) is 3.29. The summed E-state index contributed by atoms with van der Waals surface area (Å²) in [6, 6.07) is 5.82. The lowest BCUT2D eigenvalue weighted by Crippen LogP contribution is -2.48. The van der Waals surface area contributed by atoms with E-state index >= 15 is 0 Å². The molecule has 1 saturated heterocycles. The van der Waals surface area contributed by atoms with Crippen LogP contribution in [0.5, 0.6) is 0 Å². The molecule has 1 aliphatic heterocycles. The van der Waals surface area contributed by atoms with Crippen LogP contribution in [0.25, 0.3) is 0 Å². The minimum Gasteiger partial charge on any atom is -0.336 e. The lowest BCUT2D eigenvalue weighted by Gasteiger charge is -2.29. The van der Waals surface area contributed by atoms with Gasteiger partial charge in [-0.15, -0.1) is 0 Å². The van der Waals surface area contributed by atoms with Gasteiger partial charge in [0.1, 0.15) is 0 Å². The highest BCUT2D eigenvalue weighted by Crippen LogP contribution is 2.11. The number of hydrogen-bond donors (Lipinski definition) is 1. The topological polar surface area (TPSA) is 45.2 Å². The van der Waals surface area contributed by atoms with E-state index in [0.717, 1.165) is 31.6 Å². The summed E-state index contributed by atoms with van der Waals surface area (Å²) in [5, 5.41) is 3.31. The van der Waals surface area contributed by atoms with Crippen molar-refractivity contribution in [3.63, 3.8) is 0 Å². The van der Waals surface area contributed by atoms with Crippen molar-refractivity contribution in [3.05, 3.63) is 30.1 Å². The number of likely N-dealkylation sites (N-methyl/N-ethyl adjacent to an activating group) is 1. The average Bonchev–Trinajstić information content (AvgIpc) is 2.46. The molecule has 0 saturated carbocycles. The fraction of sp³-hybridized carbons (Fsp3) is 0.571. The van der Waals surface area contributed by atoms with Crippen LogP contribution in [-0.4, -0.2) is 34.9 Å². The Bertz CT molecular complexity index is 374. The van der Waals surface area contributed by atoms with Crippen molar-refractivity contribution in [3.8, 4) is 0 Å². The van der Waals surface area contributed by atoms with Gasteiger partial charge in [-0.1, -0.05) is 12.5 Å². The van der Waals surface area contributed by atoms with E-state index in [-0.39, 0.29) is 11.9 Å². The predicted octanol–water partition coefficient (Wildman–Crippen LogP) is 1.57. The summed E-state index contributed by atoms with van der Waals surface area (Å²) in [5.41, 5.74) is 0.948. The van der Waals surface area contributed by atoms with Crippen LogP contribution < -0.4 is 5.32 Å². The Balaban J connectivity index is 1.97. The van der Waals surface area contributed by atoms with Crippen molar-refractivity contribution in [2.75, 3.05) is 13.1 Å². The van der Waals surface area contributed by atoms with Crippen LogP contribution >= 0.6 is 0 Å². The molecule has 0 bridgehead atoms. The highest BCUT2D eigenvalue weighted by Gasteiger charge is 2.24.